The molecule has 0 heterocycles. The first kappa shape index (κ1) is 28.2. The van der Waals surface area contributed by atoms with E-state index < -0.39 is 0 Å². The number of nitrogens with zero attached hydrogens (tertiary/aromatic N) is 1. The van der Waals surface area contributed by atoms with Gasteiger partial charge in [0, 0.05) is 32.5 Å². The third kappa shape index (κ3) is 5.25. The van der Waals surface area contributed by atoms with Crippen molar-refractivity contribution in [3.63, 3.8) is 0 Å². The van der Waals surface area contributed by atoms with E-state index in [1.807, 2.05) is 6.08 Å². The maximum absolute atomic E-state index is 12.6. The van der Waals surface area contributed by atoms with Crippen LogP contribution in [0.1, 0.15) is 58.8 Å². The van der Waals surface area contributed by atoms with Crippen molar-refractivity contribution in [3.05, 3.63) is 11.6 Å². The minimum absolute atomic E-state index is 0.00661. The van der Waals surface area contributed by atoms with Gasteiger partial charge >= 0.3 is 5.97 Å². The van der Waals surface area contributed by atoms with Gasteiger partial charge in [0.1, 0.15) is 19.7 Å². The van der Waals surface area contributed by atoms with Crippen LogP contribution >= 0.6 is 0 Å². The van der Waals surface area contributed by atoms with Gasteiger partial charge in [-0.1, -0.05) is 19.9 Å². The van der Waals surface area contributed by atoms with E-state index in [0.717, 1.165) is 32.1 Å². The number of hydrogen-bond acceptors (Lipinski definition) is 8. The van der Waals surface area contributed by atoms with E-state index in [-0.39, 0.29) is 66.6 Å². The lowest BCUT2D eigenvalue weighted by molar-refractivity contribution is -0.221. The largest absolute Gasteiger partial charge is 0.469 e. The molecular formula is C29H43NO7. The smallest absolute Gasteiger partial charge is 0.305 e. The summed E-state index contributed by atoms with van der Waals surface area (Å²) in [6, 6.07) is 2.15. The van der Waals surface area contributed by atoms with Crippen molar-refractivity contribution in [1.82, 2.24) is 0 Å². The number of hydrogen-bond donors (Lipinski definition) is 0. The Kier molecular flexibility index (Phi) is 9.11. The van der Waals surface area contributed by atoms with E-state index in [1.54, 1.807) is 14.2 Å². The summed E-state index contributed by atoms with van der Waals surface area (Å²) in [5.74, 6) is 1.73. The third-order valence-corrected chi connectivity index (χ3v) is 10.3. The van der Waals surface area contributed by atoms with Gasteiger partial charge in [-0.25, -0.2) is 0 Å². The molecule has 0 radical (unpaired) electrons. The summed E-state index contributed by atoms with van der Waals surface area (Å²) < 4.78 is 28.4. The Morgan fingerprint density at radius 3 is 2.57 bits per heavy atom. The van der Waals surface area contributed by atoms with Gasteiger partial charge in [-0.3, -0.25) is 9.59 Å². The normalized spacial score (nSPS) is 39.6. The SMILES string of the molecule is COCOC1CC2CC(=O)C(C#N)=CC2C2CC(OCOC)C3(C)C(C(C)CCC(=O)OC)CCC3C12. The molecule has 0 aromatic rings. The zero-order valence-electron chi connectivity index (χ0n) is 22.9. The molecule has 10 atom stereocenters. The predicted molar refractivity (Wildman–Crippen MR) is 135 cm³/mol. The van der Waals surface area contributed by atoms with E-state index in [1.165, 1.54) is 7.11 Å². The lowest BCUT2D eigenvalue weighted by atomic mass is 9.47. The first-order chi connectivity index (χ1) is 17.8. The second kappa shape index (κ2) is 11.9. The number of carbonyl (C=O) groups excluding carboxylic acids is 2. The number of fused-ring (bicyclic) bond motifs is 5. The second-order valence-corrected chi connectivity index (χ2v) is 11.8. The van der Waals surface area contributed by atoms with Crippen LogP contribution in [0.2, 0.25) is 0 Å². The topological polar surface area (TPSA) is 104 Å². The Morgan fingerprint density at radius 1 is 1.16 bits per heavy atom. The Bertz CT molecular complexity index is 912. The molecule has 10 unspecified atom stereocenters. The summed E-state index contributed by atoms with van der Waals surface area (Å²) in [6.07, 6.45) is 7.31. The van der Waals surface area contributed by atoms with Gasteiger partial charge in [0.15, 0.2) is 5.78 Å². The summed E-state index contributed by atoms with van der Waals surface area (Å²) in [5.41, 5.74) is 0.197. The van der Waals surface area contributed by atoms with E-state index >= 15 is 0 Å². The number of nitriles is 1. The van der Waals surface area contributed by atoms with Crippen molar-refractivity contribution in [2.45, 2.75) is 71.0 Å². The Labute approximate surface area is 221 Å². The van der Waals surface area contributed by atoms with Gasteiger partial charge in [-0.05, 0) is 73.5 Å². The first-order valence-electron chi connectivity index (χ1n) is 13.7. The van der Waals surface area contributed by atoms with E-state index in [2.05, 4.69) is 19.9 Å². The highest BCUT2D eigenvalue weighted by atomic mass is 16.7. The van der Waals surface area contributed by atoms with Crippen LogP contribution in [0.5, 0.6) is 0 Å². The molecule has 37 heavy (non-hydrogen) atoms. The van der Waals surface area contributed by atoms with Gasteiger partial charge in [-0.2, -0.15) is 5.26 Å². The van der Waals surface area contributed by atoms with Gasteiger partial charge in [0.2, 0.25) is 0 Å². The molecule has 3 fully saturated rings. The van der Waals surface area contributed by atoms with Gasteiger partial charge in [0.25, 0.3) is 0 Å². The van der Waals surface area contributed by atoms with Gasteiger partial charge < -0.3 is 23.7 Å². The highest BCUT2D eigenvalue weighted by molar-refractivity contribution is 6.00. The van der Waals surface area contributed by atoms with Crippen LogP contribution in [0.3, 0.4) is 0 Å². The van der Waals surface area contributed by atoms with Gasteiger partial charge in [-0.15, -0.1) is 0 Å². The number of Topliss-reactive ketones (excluding diaryl/α,β-unsaturated/α-hetero) is 1. The molecule has 4 aliphatic rings. The summed E-state index contributed by atoms with van der Waals surface area (Å²) in [6.45, 7) is 5.08. The maximum atomic E-state index is 12.6. The minimum atomic E-state index is -0.166. The van der Waals surface area contributed by atoms with Gasteiger partial charge in [0.05, 0.1) is 24.9 Å². The number of esters is 1. The van der Waals surface area contributed by atoms with Crippen LogP contribution in [0.25, 0.3) is 0 Å². The van der Waals surface area contributed by atoms with Crippen molar-refractivity contribution < 1.29 is 33.3 Å². The molecule has 206 valence electrons. The average molecular weight is 518 g/mol. The molecule has 0 aromatic heterocycles. The maximum Gasteiger partial charge on any atom is 0.305 e. The fraction of sp³-hybridized carbons (Fsp3) is 0.828. The number of ether oxygens (including phenoxy) is 5. The molecule has 0 aromatic carbocycles. The molecule has 0 bridgehead atoms. The number of ketones is 1. The van der Waals surface area contributed by atoms with Crippen molar-refractivity contribution in [2.24, 2.45) is 46.8 Å². The number of carbonyl (C=O) groups is 2. The molecule has 0 saturated heterocycles. The fourth-order valence-corrected chi connectivity index (χ4v) is 8.70. The second-order valence-electron chi connectivity index (χ2n) is 11.8. The van der Waals surface area contributed by atoms with Crippen molar-refractivity contribution in [3.8, 4) is 6.07 Å². The van der Waals surface area contributed by atoms with E-state index in [4.69, 9.17) is 23.7 Å². The summed E-state index contributed by atoms with van der Waals surface area (Å²) in [4.78, 5) is 24.5. The molecule has 3 saturated carbocycles. The molecule has 8 heteroatoms. The van der Waals surface area contributed by atoms with E-state index in [9.17, 15) is 14.9 Å². The first-order valence-corrected chi connectivity index (χ1v) is 13.7. The zero-order chi connectivity index (χ0) is 26.7. The Balaban J connectivity index is 1.70. The van der Waals surface area contributed by atoms with E-state index in [0.29, 0.717) is 36.2 Å². The standard InChI is InChI=1S/C29H43NO7/c1-17(6-9-27(32)35-5)22-7-8-23-28-21(13-26(29(22,23)2)37-16-34-4)20-10-19(14-30)24(31)11-18(20)12-25(28)36-15-33-3/h10,17-18,20-23,25-26,28H,6-9,11-13,15-16H2,1-5H3. The Hall–Kier alpha value is -1.79. The lowest BCUT2D eigenvalue weighted by Crippen LogP contribution is -2.60. The predicted octanol–water partition coefficient (Wildman–Crippen LogP) is 4.28. The molecular weight excluding hydrogens is 474 g/mol. The molecule has 8 nitrogen and oxygen atoms in total. The van der Waals surface area contributed by atoms with Crippen LogP contribution in [-0.4, -0.2) is 58.9 Å². The quantitative estimate of drug-likeness (QED) is 0.312. The Morgan fingerprint density at radius 2 is 1.89 bits per heavy atom. The average Bonchev–Trinajstić information content (AvgIpc) is 3.26. The van der Waals surface area contributed by atoms with Crippen molar-refractivity contribution >= 4 is 11.8 Å². The molecule has 0 aliphatic heterocycles. The van der Waals surface area contributed by atoms with Crippen molar-refractivity contribution in [1.29, 1.82) is 5.26 Å². The van der Waals surface area contributed by atoms with Crippen molar-refractivity contribution in [2.75, 3.05) is 34.9 Å². The molecule has 0 spiro atoms. The minimum Gasteiger partial charge on any atom is -0.469 e. The summed E-state index contributed by atoms with van der Waals surface area (Å²) in [7, 11) is 4.73. The number of rotatable bonds is 10. The fourth-order valence-electron chi connectivity index (χ4n) is 8.70. The summed E-state index contributed by atoms with van der Waals surface area (Å²) >= 11 is 0. The monoisotopic (exact) mass is 517 g/mol. The van der Waals surface area contributed by atoms with Crippen LogP contribution in [-0.2, 0) is 33.3 Å². The lowest BCUT2D eigenvalue weighted by Gasteiger charge is -2.60. The van der Waals surface area contributed by atoms with Crippen LogP contribution in [0.4, 0.5) is 0 Å². The number of methoxy groups -OCH3 is 3. The number of allylic oxidation sites excluding steroid dienone is 2. The molecule has 4 rings (SSSR count). The molecule has 0 N–H and O–H groups in total. The highest BCUT2D eigenvalue weighted by Crippen LogP contribution is 2.66. The third-order valence-electron chi connectivity index (χ3n) is 10.3. The van der Waals surface area contributed by atoms with Crippen LogP contribution < -0.4 is 0 Å². The molecule has 0 amide bonds. The molecule has 4 aliphatic carbocycles. The summed E-state index contributed by atoms with van der Waals surface area (Å²) in [5, 5.41) is 9.62. The van der Waals surface area contributed by atoms with Crippen LogP contribution in [0, 0.1) is 58.2 Å². The highest BCUT2D eigenvalue weighted by Gasteiger charge is 2.64. The van der Waals surface area contributed by atoms with Crippen LogP contribution in [0.15, 0.2) is 11.6 Å². The zero-order valence-corrected chi connectivity index (χ0v) is 22.9.